The number of halogens is 1. The number of carbonyl (C=O) groups excluding carboxylic acids is 2. The van der Waals surface area contributed by atoms with Gasteiger partial charge in [0.25, 0.3) is 5.91 Å². The van der Waals surface area contributed by atoms with Crippen molar-refractivity contribution in [2.75, 3.05) is 25.0 Å². The van der Waals surface area contributed by atoms with E-state index in [0.717, 1.165) is 35.7 Å². The molecular formula is C22H26BrN3O2. The number of hydrogen-bond donors (Lipinski definition) is 2. The van der Waals surface area contributed by atoms with Crippen molar-refractivity contribution in [2.24, 2.45) is 5.92 Å². The zero-order valence-electron chi connectivity index (χ0n) is 16.1. The van der Waals surface area contributed by atoms with Crippen molar-refractivity contribution in [3.05, 3.63) is 64.1 Å². The quantitative estimate of drug-likeness (QED) is 0.707. The fraction of sp³-hybridized carbons (Fsp3) is 0.364. The van der Waals surface area contributed by atoms with Crippen LogP contribution in [0.5, 0.6) is 0 Å². The number of piperidine rings is 1. The molecule has 148 valence electrons. The van der Waals surface area contributed by atoms with Gasteiger partial charge in [0.05, 0.1) is 6.54 Å². The molecule has 6 heteroatoms. The van der Waals surface area contributed by atoms with E-state index in [4.69, 9.17) is 0 Å². The van der Waals surface area contributed by atoms with Gasteiger partial charge in [-0.05, 0) is 67.7 Å². The van der Waals surface area contributed by atoms with E-state index in [1.807, 2.05) is 30.3 Å². The van der Waals surface area contributed by atoms with Gasteiger partial charge in [-0.3, -0.25) is 14.5 Å². The normalized spacial score (nSPS) is 15.2. The Balaban J connectivity index is 1.44. The fourth-order valence-electron chi connectivity index (χ4n) is 3.27. The zero-order valence-corrected chi connectivity index (χ0v) is 17.7. The Morgan fingerprint density at radius 1 is 1.11 bits per heavy atom. The average molecular weight is 444 g/mol. The molecule has 0 spiro atoms. The van der Waals surface area contributed by atoms with Crippen LogP contribution in [0.15, 0.2) is 53.0 Å². The first-order chi connectivity index (χ1) is 13.5. The Bertz CT molecular complexity index is 815. The second kappa shape index (κ2) is 9.85. The highest BCUT2D eigenvalue weighted by Gasteiger charge is 2.15. The summed E-state index contributed by atoms with van der Waals surface area (Å²) in [5, 5.41) is 5.46. The highest BCUT2D eigenvalue weighted by Crippen LogP contribution is 2.19. The molecule has 0 aliphatic carbocycles. The molecular weight excluding hydrogens is 418 g/mol. The van der Waals surface area contributed by atoms with E-state index in [2.05, 4.69) is 38.4 Å². The maximum Gasteiger partial charge on any atom is 0.251 e. The second-order valence-corrected chi connectivity index (χ2v) is 8.31. The summed E-state index contributed by atoms with van der Waals surface area (Å²) >= 11 is 3.33. The predicted octanol–water partition coefficient (Wildman–Crippen LogP) is 4.05. The third-order valence-corrected chi connectivity index (χ3v) is 5.51. The summed E-state index contributed by atoms with van der Waals surface area (Å²) in [5.41, 5.74) is 2.49. The lowest BCUT2D eigenvalue weighted by atomic mass is 9.99. The van der Waals surface area contributed by atoms with Crippen LogP contribution in [0, 0.1) is 5.92 Å². The van der Waals surface area contributed by atoms with E-state index in [-0.39, 0.29) is 18.4 Å². The lowest BCUT2D eigenvalue weighted by Crippen LogP contribution is -2.33. The van der Waals surface area contributed by atoms with E-state index < -0.39 is 0 Å². The first-order valence-electron chi connectivity index (χ1n) is 9.64. The molecule has 0 aromatic heterocycles. The van der Waals surface area contributed by atoms with Crippen molar-refractivity contribution in [3.8, 4) is 0 Å². The van der Waals surface area contributed by atoms with Crippen LogP contribution in [0.3, 0.4) is 0 Å². The number of nitrogens with zero attached hydrogens (tertiary/aromatic N) is 1. The van der Waals surface area contributed by atoms with Gasteiger partial charge in [-0.1, -0.05) is 41.1 Å². The molecule has 2 amide bonds. The lowest BCUT2D eigenvalue weighted by molar-refractivity contribution is -0.115. The summed E-state index contributed by atoms with van der Waals surface area (Å²) in [5.74, 6) is 0.307. The Morgan fingerprint density at radius 2 is 1.82 bits per heavy atom. The van der Waals surface area contributed by atoms with Crippen molar-refractivity contribution in [2.45, 2.75) is 26.3 Å². The number of benzene rings is 2. The number of nitrogens with one attached hydrogen (secondary N) is 2. The fourth-order valence-corrected chi connectivity index (χ4v) is 3.67. The van der Waals surface area contributed by atoms with Gasteiger partial charge in [0.2, 0.25) is 5.91 Å². The van der Waals surface area contributed by atoms with Crippen LogP contribution < -0.4 is 10.6 Å². The second-order valence-electron chi connectivity index (χ2n) is 7.40. The first-order valence-corrected chi connectivity index (χ1v) is 10.4. The van der Waals surface area contributed by atoms with Crippen LogP contribution in [0.25, 0.3) is 0 Å². The van der Waals surface area contributed by atoms with E-state index in [9.17, 15) is 9.59 Å². The van der Waals surface area contributed by atoms with Gasteiger partial charge < -0.3 is 10.6 Å². The Labute approximate surface area is 174 Å². The minimum Gasteiger partial charge on any atom is -0.343 e. The Hall–Kier alpha value is -2.18. The minimum absolute atomic E-state index is 0.0704. The smallest absolute Gasteiger partial charge is 0.251 e. The molecule has 28 heavy (non-hydrogen) atoms. The molecule has 0 saturated carbocycles. The van der Waals surface area contributed by atoms with Crippen LogP contribution in [0.2, 0.25) is 0 Å². The Morgan fingerprint density at radius 3 is 2.50 bits per heavy atom. The number of rotatable bonds is 6. The number of amides is 2. The van der Waals surface area contributed by atoms with Crippen LogP contribution in [0.1, 0.15) is 35.7 Å². The average Bonchev–Trinajstić information content (AvgIpc) is 2.69. The van der Waals surface area contributed by atoms with Gasteiger partial charge >= 0.3 is 0 Å². The van der Waals surface area contributed by atoms with Crippen molar-refractivity contribution in [3.63, 3.8) is 0 Å². The maximum atomic E-state index is 12.1. The first kappa shape index (κ1) is 20.6. The topological polar surface area (TPSA) is 61.4 Å². The molecule has 3 rings (SSSR count). The summed E-state index contributed by atoms with van der Waals surface area (Å²) in [6.07, 6.45) is 2.53. The summed E-state index contributed by atoms with van der Waals surface area (Å²) in [4.78, 5) is 26.7. The third-order valence-electron chi connectivity index (χ3n) is 5.02. The van der Waals surface area contributed by atoms with Crippen LogP contribution >= 0.6 is 15.9 Å². The largest absolute Gasteiger partial charge is 0.343 e. The summed E-state index contributed by atoms with van der Waals surface area (Å²) in [7, 11) is 0. The van der Waals surface area contributed by atoms with Gasteiger partial charge in [0.1, 0.15) is 0 Å². The molecule has 0 unspecified atom stereocenters. The molecule has 1 heterocycles. The number of hydrogen-bond acceptors (Lipinski definition) is 3. The molecule has 2 aromatic rings. The molecule has 0 bridgehead atoms. The lowest BCUT2D eigenvalue weighted by Gasteiger charge is -2.30. The molecule has 1 fully saturated rings. The molecule has 1 aliphatic rings. The van der Waals surface area contributed by atoms with Gasteiger partial charge in [-0.2, -0.15) is 0 Å². The summed E-state index contributed by atoms with van der Waals surface area (Å²) in [6.45, 7) is 5.49. The molecule has 2 N–H and O–H groups in total. The SMILES string of the molecule is CC1CCN(Cc2ccc(NC(=O)CNC(=O)c3cccc(Br)c3)cc2)CC1. The molecule has 1 aliphatic heterocycles. The van der Waals surface area contributed by atoms with E-state index in [1.165, 1.54) is 18.4 Å². The number of likely N-dealkylation sites (tertiary alicyclic amines) is 1. The van der Waals surface area contributed by atoms with E-state index in [0.29, 0.717) is 5.56 Å². The zero-order chi connectivity index (χ0) is 19.9. The molecule has 0 atom stereocenters. The standard InChI is InChI=1S/C22H26BrN3O2/c1-16-9-11-26(12-10-16)15-17-5-7-20(8-6-17)25-21(27)14-24-22(28)18-3-2-4-19(23)13-18/h2-8,13,16H,9-12,14-15H2,1H3,(H,24,28)(H,25,27). The van der Waals surface area contributed by atoms with Gasteiger partial charge in [0, 0.05) is 22.3 Å². The molecule has 0 radical (unpaired) electrons. The van der Waals surface area contributed by atoms with Crippen molar-refractivity contribution < 1.29 is 9.59 Å². The molecule has 2 aromatic carbocycles. The Kier molecular flexibility index (Phi) is 7.23. The van der Waals surface area contributed by atoms with Crippen molar-refractivity contribution >= 4 is 33.4 Å². The van der Waals surface area contributed by atoms with Crippen molar-refractivity contribution in [1.82, 2.24) is 10.2 Å². The summed E-state index contributed by atoms with van der Waals surface area (Å²) < 4.78 is 0.823. The monoisotopic (exact) mass is 443 g/mol. The summed E-state index contributed by atoms with van der Waals surface area (Å²) in [6, 6.07) is 15.0. The van der Waals surface area contributed by atoms with E-state index in [1.54, 1.807) is 18.2 Å². The van der Waals surface area contributed by atoms with Crippen molar-refractivity contribution in [1.29, 1.82) is 0 Å². The van der Waals surface area contributed by atoms with Gasteiger partial charge in [-0.15, -0.1) is 0 Å². The van der Waals surface area contributed by atoms with Crippen LogP contribution in [0.4, 0.5) is 5.69 Å². The van der Waals surface area contributed by atoms with Crippen LogP contribution in [-0.4, -0.2) is 36.3 Å². The number of anilines is 1. The maximum absolute atomic E-state index is 12.1. The highest BCUT2D eigenvalue weighted by atomic mass is 79.9. The number of carbonyl (C=O) groups is 2. The third kappa shape index (κ3) is 6.17. The minimum atomic E-state index is -0.275. The molecule has 1 saturated heterocycles. The highest BCUT2D eigenvalue weighted by molar-refractivity contribution is 9.10. The van der Waals surface area contributed by atoms with Crippen LogP contribution in [-0.2, 0) is 11.3 Å². The van der Waals surface area contributed by atoms with Gasteiger partial charge in [-0.25, -0.2) is 0 Å². The van der Waals surface area contributed by atoms with E-state index >= 15 is 0 Å². The molecule has 5 nitrogen and oxygen atoms in total. The van der Waals surface area contributed by atoms with Gasteiger partial charge in [0.15, 0.2) is 0 Å². The predicted molar refractivity (Wildman–Crippen MR) is 115 cm³/mol.